The molecule has 1 aliphatic carbocycles. The first-order valence-corrected chi connectivity index (χ1v) is 11.3. The van der Waals surface area contributed by atoms with E-state index in [-0.39, 0.29) is 11.0 Å². The molecule has 4 N–H and O–H groups in total. The van der Waals surface area contributed by atoms with Crippen LogP contribution in [0.2, 0.25) is 0 Å². The second-order valence-corrected chi connectivity index (χ2v) is 9.96. The van der Waals surface area contributed by atoms with Gasteiger partial charge < -0.3 is 25.4 Å². The molecule has 9 nitrogen and oxygen atoms in total. The molecule has 2 amide bonds. The molecule has 5 rings (SSSR count). The molecule has 0 fully saturated rings. The van der Waals surface area contributed by atoms with Crippen molar-refractivity contribution >= 4 is 30.8 Å². The number of nitrogens with one attached hydrogen (secondary N) is 2. The number of nitrogens with two attached hydrogens (primary N) is 1. The fraction of sp³-hybridized carbons (Fsp3) is 0.227. The second kappa shape index (κ2) is 6.53. The SMILES string of the molecule is COP(=O)(OC)C1=C(N)[C@@H](C#N)C2(C(=O)Nc3ccccc32)C12C(=O)Nc1ccccc12. The number of carbonyl (C=O) groups is 2. The van der Waals surface area contributed by atoms with E-state index in [1.54, 1.807) is 48.5 Å². The Morgan fingerprint density at radius 3 is 2.09 bits per heavy atom. The minimum absolute atomic E-state index is 0.168. The van der Waals surface area contributed by atoms with E-state index < -0.39 is 36.2 Å². The summed E-state index contributed by atoms with van der Waals surface area (Å²) in [6.45, 7) is 0. The molecule has 10 heteroatoms. The lowest BCUT2D eigenvalue weighted by Crippen LogP contribution is -2.58. The first kappa shape index (κ1) is 20.5. The second-order valence-electron chi connectivity index (χ2n) is 7.79. The standard InChI is InChI=1S/C22H19N4O5P/c1-30-32(29,31-2)18-17(24)14(11-23)21(12-7-3-5-9-15(12)25-19(21)27)22(18)13-8-4-6-10-16(13)26-20(22)28/h3-10,14H,24H2,1-2H3,(H,25,27)(H,26,28)/t14-,21?,22?/m1/s1. The lowest BCUT2D eigenvalue weighted by molar-refractivity contribution is -0.130. The molecule has 2 unspecified atom stereocenters. The average Bonchev–Trinajstić information content (AvgIpc) is 3.35. The maximum absolute atomic E-state index is 13.9. The molecule has 0 saturated heterocycles. The summed E-state index contributed by atoms with van der Waals surface area (Å²) in [5.41, 5.74) is 4.25. The zero-order valence-corrected chi connectivity index (χ0v) is 18.1. The van der Waals surface area contributed by atoms with Crippen molar-refractivity contribution in [2.45, 2.75) is 10.8 Å². The zero-order chi connectivity index (χ0) is 22.9. The van der Waals surface area contributed by atoms with Crippen LogP contribution < -0.4 is 16.4 Å². The van der Waals surface area contributed by atoms with Gasteiger partial charge >= 0.3 is 7.60 Å². The summed E-state index contributed by atoms with van der Waals surface area (Å²) in [5, 5.41) is 15.7. The van der Waals surface area contributed by atoms with Gasteiger partial charge in [-0.25, -0.2) is 0 Å². The summed E-state index contributed by atoms with van der Waals surface area (Å²) in [6, 6.07) is 15.7. The molecule has 2 aromatic rings. The minimum Gasteiger partial charge on any atom is -0.400 e. The lowest BCUT2D eigenvalue weighted by Gasteiger charge is -2.41. The van der Waals surface area contributed by atoms with E-state index in [0.29, 0.717) is 22.5 Å². The van der Waals surface area contributed by atoms with Crippen LogP contribution in [0, 0.1) is 17.2 Å². The van der Waals surface area contributed by atoms with Crippen molar-refractivity contribution in [1.29, 1.82) is 5.26 Å². The minimum atomic E-state index is -4.20. The molecule has 32 heavy (non-hydrogen) atoms. The summed E-state index contributed by atoms with van der Waals surface area (Å²) in [7, 11) is -1.85. The van der Waals surface area contributed by atoms with Crippen LogP contribution in [-0.4, -0.2) is 26.0 Å². The molecule has 2 heterocycles. The molecule has 3 aliphatic rings. The van der Waals surface area contributed by atoms with Gasteiger partial charge in [-0.1, -0.05) is 36.4 Å². The van der Waals surface area contributed by atoms with E-state index in [4.69, 9.17) is 14.8 Å². The normalized spacial score (nSPS) is 28.0. The van der Waals surface area contributed by atoms with Gasteiger partial charge in [0.25, 0.3) is 0 Å². The number of allylic oxidation sites excluding steroid dienone is 1. The third-order valence-electron chi connectivity index (χ3n) is 6.73. The van der Waals surface area contributed by atoms with Gasteiger partial charge in [-0.3, -0.25) is 14.2 Å². The highest BCUT2D eigenvalue weighted by atomic mass is 31.2. The van der Waals surface area contributed by atoms with Gasteiger partial charge in [0.2, 0.25) is 11.8 Å². The summed E-state index contributed by atoms with van der Waals surface area (Å²) >= 11 is 0. The van der Waals surface area contributed by atoms with Gasteiger partial charge in [0.15, 0.2) is 0 Å². The molecule has 3 atom stereocenters. The molecule has 0 saturated carbocycles. The first-order valence-electron chi connectivity index (χ1n) is 9.78. The van der Waals surface area contributed by atoms with Crippen LogP contribution in [-0.2, 0) is 34.0 Å². The lowest BCUT2D eigenvalue weighted by atomic mass is 9.56. The van der Waals surface area contributed by atoms with Gasteiger partial charge in [0.1, 0.15) is 16.7 Å². The number of para-hydroxylation sites is 2. The molecular formula is C22H19N4O5P. The Hall–Kier alpha value is -3.44. The Labute approximate surface area is 183 Å². The van der Waals surface area contributed by atoms with Gasteiger partial charge in [0.05, 0.1) is 11.4 Å². The van der Waals surface area contributed by atoms with Crippen molar-refractivity contribution in [2.75, 3.05) is 24.9 Å². The van der Waals surface area contributed by atoms with Crippen LogP contribution in [0.25, 0.3) is 0 Å². The van der Waals surface area contributed by atoms with Crippen molar-refractivity contribution in [3.63, 3.8) is 0 Å². The molecule has 162 valence electrons. The Bertz CT molecular complexity index is 1320. The molecule has 2 aromatic carbocycles. The van der Waals surface area contributed by atoms with E-state index in [1.807, 2.05) is 0 Å². The van der Waals surface area contributed by atoms with Gasteiger partial charge in [-0.05, 0) is 23.3 Å². The summed E-state index contributed by atoms with van der Waals surface area (Å²) in [6.07, 6.45) is 0. The molecular weight excluding hydrogens is 431 g/mol. The van der Waals surface area contributed by atoms with Crippen LogP contribution in [0.4, 0.5) is 11.4 Å². The fourth-order valence-electron chi connectivity index (χ4n) is 5.60. The predicted octanol–water partition coefficient (Wildman–Crippen LogP) is 2.58. The maximum Gasteiger partial charge on any atom is 0.360 e. The quantitative estimate of drug-likeness (QED) is 0.610. The number of anilines is 2. The summed E-state index contributed by atoms with van der Waals surface area (Å²) in [5.74, 6) is -2.53. The highest BCUT2D eigenvalue weighted by Crippen LogP contribution is 2.75. The molecule has 0 aromatic heterocycles. The Kier molecular flexibility index (Phi) is 4.18. The van der Waals surface area contributed by atoms with Crippen molar-refractivity contribution in [3.8, 4) is 6.07 Å². The van der Waals surface area contributed by atoms with E-state index in [1.165, 1.54) is 14.2 Å². The Morgan fingerprint density at radius 1 is 0.969 bits per heavy atom. The van der Waals surface area contributed by atoms with E-state index >= 15 is 0 Å². The highest BCUT2D eigenvalue weighted by molar-refractivity contribution is 7.58. The van der Waals surface area contributed by atoms with Gasteiger partial charge in [-0.2, -0.15) is 5.26 Å². The molecule has 2 spiro atoms. The van der Waals surface area contributed by atoms with Crippen molar-refractivity contribution in [3.05, 3.63) is 70.7 Å². The highest BCUT2D eigenvalue weighted by Gasteiger charge is 2.79. The topological polar surface area (TPSA) is 144 Å². The first-order chi connectivity index (χ1) is 15.3. The monoisotopic (exact) mass is 450 g/mol. The number of amides is 2. The van der Waals surface area contributed by atoms with Crippen molar-refractivity contribution in [2.24, 2.45) is 11.7 Å². The Balaban J connectivity index is 2.03. The number of carbonyl (C=O) groups excluding carboxylic acids is 2. The number of nitrogens with zero attached hydrogens (tertiary/aromatic N) is 1. The van der Waals surface area contributed by atoms with E-state index in [2.05, 4.69) is 16.7 Å². The average molecular weight is 450 g/mol. The van der Waals surface area contributed by atoms with Crippen molar-refractivity contribution < 1.29 is 23.2 Å². The summed E-state index contributed by atoms with van der Waals surface area (Å²) in [4.78, 5) is 27.8. The third-order valence-corrected chi connectivity index (χ3v) is 8.83. The van der Waals surface area contributed by atoms with Crippen LogP contribution >= 0.6 is 7.60 Å². The largest absolute Gasteiger partial charge is 0.400 e. The molecule has 2 aliphatic heterocycles. The van der Waals surface area contributed by atoms with Crippen LogP contribution in [0.5, 0.6) is 0 Å². The van der Waals surface area contributed by atoms with E-state index in [9.17, 15) is 19.4 Å². The molecule has 0 bridgehead atoms. The number of fused-ring (bicyclic) bond motifs is 5. The Morgan fingerprint density at radius 2 is 1.50 bits per heavy atom. The number of rotatable bonds is 3. The van der Waals surface area contributed by atoms with Crippen LogP contribution in [0.1, 0.15) is 11.1 Å². The van der Waals surface area contributed by atoms with Gasteiger partial charge in [-0.15, -0.1) is 0 Å². The number of nitriles is 1. The molecule has 0 radical (unpaired) electrons. The fourth-order valence-corrected chi connectivity index (χ4v) is 7.37. The summed E-state index contributed by atoms with van der Waals surface area (Å²) < 4.78 is 24.5. The number of benzene rings is 2. The number of hydrogen-bond acceptors (Lipinski definition) is 7. The van der Waals surface area contributed by atoms with Crippen LogP contribution in [0.15, 0.2) is 59.5 Å². The van der Waals surface area contributed by atoms with Gasteiger partial charge in [0, 0.05) is 31.3 Å². The predicted molar refractivity (Wildman–Crippen MR) is 115 cm³/mol. The zero-order valence-electron chi connectivity index (χ0n) is 17.2. The smallest absolute Gasteiger partial charge is 0.360 e. The third kappa shape index (κ3) is 1.98. The number of hydrogen-bond donors (Lipinski definition) is 3. The van der Waals surface area contributed by atoms with E-state index in [0.717, 1.165) is 0 Å². The maximum atomic E-state index is 13.9. The van der Waals surface area contributed by atoms with Crippen molar-refractivity contribution in [1.82, 2.24) is 0 Å². The van der Waals surface area contributed by atoms with Crippen LogP contribution in [0.3, 0.4) is 0 Å².